The Morgan fingerprint density at radius 3 is 2.79 bits per heavy atom. The first-order valence-electron chi connectivity index (χ1n) is 8.12. The van der Waals surface area contributed by atoms with E-state index in [1.54, 1.807) is 18.1 Å². The molecule has 7 heteroatoms. The summed E-state index contributed by atoms with van der Waals surface area (Å²) < 4.78 is 44.0. The van der Waals surface area contributed by atoms with Crippen LogP contribution in [0.1, 0.15) is 36.8 Å². The van der Waals surface area contributed by atoms with Gasteiger partial charge in [-0.3, -0.25) is 0 Å². The molecule has 1 N–H and O–H groups in total. The van der Waals surface area contributed by atoms with Gasteiger partial charge in [-0.1, -0.05) is 18.2 Å². The molecule has 1 fully saturated rings. The molecule has 0 saturated carbocycles. The third-order valence-electron chi connectivity index (χ3n) is 4.30. The standard InChI is InChI=1S/C17H23F3N2O2/c1-24-11-9-14-7-4-5-10-22(14)16(23)21-12-13-6-2-3-8-15(13)17(18,19)20/h2-3,6,8,14H,4-5,7,9-12H2,1H3,(H,21,23). The van der Waals surface area contributed by atoms with Crippen molar-refractivity contribution >= 4 is 6.03 Å². The Morgan fingerprint density at radius 1 is 1.33 bits per heavy atom. The lowest BCUT2D eigenvalue weighted by molar-refractivity contribution is -0.138. The summed E-state index contributed by atoms with van der Waals surface area (Å²) >= 11 is 0. The summed E-state index contributed by atoms with van der Waals surface area (Å²) in [5, 5.41) is 2.63. The van der Waals surface area contributed by atoms with E-state index in [9.17, 15) is 18.0 Å². The summed E-state index contributed by atoms with van der Waals surface area (Å²) in [4.78, 5) is 14.1. The van der Waals surface area contributed by atoms with E-state index in [0.717, 1.165) is 31.7 Å². The number of nitrogens with zero attached hydrogens (tertiary/aromatic N) is 1. The van der Waals surface area contributed by atoms with Crippen molar-refractivity contribution in [3.63, 3.8) is 0 Å². The van der Waals surface area contributed by atoms with Crippen molar-refractivity contribution in [1.82, 2.24) is 10.2 Å². The minimum atomic E-state index is -4.42. The highest BCUT2D eigenvalue weighted by atomic mass is 19.4. The van der Waals surface area contributed by atoms with E-state index in [4.69, 9.17) is 4.74 Å². The van der Waals surface area contributed by atoms with Crippen LogP contribution in [0.5, 0.6) is 0 Å². The summed E-state index contributed by atoms with van der Waals surface area (Å²) in [7, 11) is 1.61. The molecule has 1 unspecified atom stereocenters. The molecule has 1 aliphatic rings. The number of halogens is 3. The zero-order valence-electron chi connectivity index (χ0n) is 13.7. The molecule has 0 aliphatic carbocycles. The fourth-order valence-electron chi connectivity index (χ4n) is 3.05. The van der Waals surface area contributed by atoms with Crippen LogP contribution in [-0.2, 0) is 17.5 Å². The number of nitrogens with one attached hydrogen (secondary N) is 1. The fraction of sp³-hybridized carbons (Fsp3) is 0.588. The molecule has 1 atom stereocenters. The second-order valence-electron chi connectivity index (χ2n) is 5.94. The van der Waals surface area contributed by atoms with Crippen LogP contribution in [0, 0.1) is 0 Å². The third-order valence-corrected chi connectivity index (χ3v) is 4.30. The average molecular weight is 344 g/mol. The van der Waals surface area contributed by atoms with Crippen molar-refractivity contribution in [2.45, 2.75) is 44.4 Å². The molecule has 0 aromatic heterocycles. The Morgan fingerprint density at radius 2 is 2.08 bits per heavy atom. The molecule has 134 valence electrons. The van der Waals surface area contributed by atoms with Gasteiger partial charge in [0.05, 0.1) is 5.56 Å². The van der Waals surface area contributed by atoms with E-state index in [1.807, 2.05) is 0 Å². The maximum absolute atomic E-state index is 13.0. The SMILES string of the molecule is COCCC1CCCCN1C(=O)NCc1ccccc1C(F)(F)F. The summed E-state index contributed by atoms with van der Waals surface area (Å²) in [6, 6.07) is 5.08. The lowest BCUT2D eigenvalue weighted by Gasteiger charge is -2.35. The first-order valence-corrected chi connectivity index (χ1v) is 8.12. The van der Waals surface area contributed by atoms with Crippen molar-refractivity contribution in [2.24, 2.45) is 0 Å². The van der Waals surface area contributed by atoms with Crippen molar-refractivity contribution in [1.29, 1.82) is 0 Å². The van der Waals surface area contributed by atoms with Gasteiger partial charge in [0, 0.05) is 32.8 Å². The Bertz CT molecular complexity index is 549. The number of piperidine rings is 1. The molecule has 1 saturated heterocycles. The topological polar surface area (TPSA) is 41.6 Å². The predicted octanol–water partition coefficient (Wildman–Crippen LogP) is 3.81. The Balaban J connectivity index is 1.99. The first kappa shape index (κ1) is 18.6. The molecule has 4 nitrogen and oxygen atoms in total. The van der Waals surface area contributed by atoms with Crippen LogP contribution >= 0.6 is 0 Å². The number of carbonyl (C=O) groups excluding carboxylic acids is 1. The number of ether oxygens (including phenoxy) is 1. The smallest absolute Gasteiger partial charge is 0.385 e. The lowest BCUT2D eigenvalue weighted by atomic mass is 10.00. The highest BCUT2D eigenvalue weighted by molar-refractivity contribution is 5.74. The number of urea groups is 1. The van der Waals surface area contributed by atoms with Crippen molar-refractivity contribution < 1.29 is 22.7 Å². The van der Waals surface area contributed by atoms with Gasteiger partial charge in [0.15, 0.2) is 0 Å². The maximum Gasteiger partial charge on any atom is 0.416 e. The molecule has 2 rings (SSSR count). The molecule has 0 spiro atoms. The van der Waals surface area contributed by atoms with Gasteiger partial charge in [-0.05, 0) is 37.3 Å². The van der Waals surface area contributed by atoms with Crippen LogP contribution in [0.3, 0.4) is 0 Å². The number of hydrogen-bond acceptors (Lipinski definition) is 2. The van der Waals surface area contributed by atoms with Crippen LogP contribution in [0.25, 0.3) is 0 Å². The van der Waals surface area contributed by atoms with E-state index in [1.165, 1.54) is 12.1 Å². The molecule has 1 heterocycles. The highest BCUT2D eigenvalue weighted by Gasteiger charge is 2.33. The molecule has 24 heavy (non-hydrogen) atoms. The van der Waals surface area contributed by atoms with E-state index in [-0.39, 0.29) is 24.2 Å². The second kappa shape index (κ2) is 8.37. The number of rotatable bonds is 5. The van der Waals surface area contributed by atoms with Crippen molar-refractivity contribution in [2.75, 3.05) is 20.3 Å². The fourth-order valence-corrected chi connectivity index (χ4v) is 3.05. The number of amides is 2. The molecule has 1 aliphatic heterocycles. The second-order valence-corrected chi connectivity index (χ2v) is 5.94. The van der Waals surface area contributed by atoms with Crippen LogP contribution in [0.15, 0.2) is 24.3 Å². The minimum absolute atomic E-state index is 0.0730. The molecule has 1 aromatic rings. The molecule has 1 aromatic carbocycles. The van der Waals surface area contributed by atoms with Gasteiger partial charge in [0.25, 0.3) is 0 Å². The van der Waals surface area contributed by atoms with Gasteiger partial charge in [-0.25, -0.2) is 4.79 Å². The van der Waals surface area contributed by atoms with Gasteiger partial charge in [0.1, 0.15) is 0 Å². The summed E-state index contributed by atoms with van der Waals surface area (Å²) in [6.07, 6.45) is -0.822. The monoisotopic (exact) mass is 344 g/mol. The molecule has 2 amide bonds. The molecule has 0 radical (unpaired) electrons. The van der Waals surface area contributed by atoms with Crippen molar-refractivity contribution in [3.8, 4) is 0 Å². The quantitative estimate of drug-likeness (QED) is 0.883. The molecular formula is C17H23F3N2O2. The molecule has 0 bridgehead atoms. The third kappa shape index (κ3) is 4.87. The van der Waals surface area contributed by atoms with Gasteiger partial charge < -0.3 is 15.0 Å². The number of likely N-dealkylation sites (tertiary alicyclic amines) is 1. The average Bonchev–Trinajstić information content (AvgIpc) is 2.57. The van der Waals surface area contributed by atoms with Gasteiger partial charge in [-0.15, -0.1) is 0 Å². The number of carbonyl (C=O) groups is 1. The zero-order valence-corrected chi connectivity index (χ0v) is 13.7. The number of benzene rings is 1. The van der Waals surface area contributed by atoms with E-state index in [2.05, 4.69) is 5.32 Å². The van der Waals surface area contributed by atoms with Gasteiger partial charge in [-0.2, -0.15) is 13.2 Å². The molecular weight excluding hydrogens is 321 g/mol. The number of hydrogen-bond donors (Lipinski definition) is 1. The highest BCUT2D eigenvalue weighted by Crippen LogP contribution is 2.31. The lowest BCUT2D eigenvalue weighted by Crippen LogP contribution is -2.48. The summed E-state index contributed by atoms with van der Waals surface area (Å²) in [6.45, 7) is 1.05. The summed E-state index contributed by atoms with van der Waals surface area (Å²) in [5.41, 5.74) is -0.635. The van der Waals surface area contributed by atoms with E-state index < -0.39 is 11.7 Å². The van der Waals surface area contributed by atoms with Crippen molar-refractivity contribution in [3.05, 3.63) is 35.4 Å². The first-order chi connectivity index (χ1) is 11.4. The van der Waals surface area contributed by atoms with Crippen LogP contribution < -0.4 is 5.32 Å². The van der Waals surface area contributed by atoms with Crippen LogP contribution in [-0.4, -0.2) is 37.2 Å². The largest absolute Gasteiger partial charge is 0.416 e. The zero-order chi connectivity index (χ0) is 17.6. The van der Waals surface area contributed by atoms with E-state index >= 15 is 0 Å². The Hall–Kier alpha value is -1.76. The minimum Gasteiger partial charge on any atom is -0.385 e. The van der Waals surface area contributed by atoms with Gasteiger partial charge in [0.2, 0.25) is 0 Å². The van der Waals surface area contributed by atoms with E-state index in [0.29, 0.717) is 13.2 Å². The Kier molecular flexibility index (Phi) is 6.48. The number of methoxy groups -OCH3 is 1. The maximum atomic E-state index is 13.0. The van der Waals surface area contributed by atoms with Crippen LogP contribution in [0.4, 0.5) is 18.0 Å². The number of alkyl halides is 3. The normalized spacial score (nSPS) is 18.5. The van der Waals surface area contributed by atoms with Crippen LogP contribution in [0.2, 0.25) is 0 Å². The summed E-state index contributed by atoms with van der Waals surface area (Å²) in [5.74, 6) is 0. The van der Waals surface area contributed by atoms with Gasteiger partial charge >= 0.3 is 12.2 Å². The predicted molar refractivity (Wildman–Crippen MR) is 84.5 cm³/mol. The Labute approximate surface area is 140 Å².